The second kappa shape index (κ2) is 8.29. The molecule has 0 aromatic carbocycles. The third kappa shape index (κ3) is 4.28. The van der Waals surface area contributed by atoms with Gasteiger partial charge in [-0.3, -0.25) is 14.6 Å². The molecular weight excluding hydrogens is 322 g/mol. The maximum atomic E-state index is 12.9. The van der Waals surface area contributed by atoms with Gasteiger partial charge in [-0.15, -0.1) is 0 Å². The lowest BCUT2D eigenvalue weighted by Crippen LogP contribution is -2.48. The fraction of sp³-hybridized carbons (Fsp3) is 0.611. The quantitative estimate of drug-likeness (QED) is 0.770. The molecule has 2 atom stereocenters. The van der Waals surface area contributed by atoms with Crippen LogP contribution in [0.3, 0.4) is 0 Å². The van der Waals surface area contributed by atoms with Crippen LogP contribution in [0.25, 0.3) is 0 Å². The Morgan fingerprint density at radius 3 is 2.80 bits per heavy atom. The van der Waals surface area contributed by atoms with Crippen molar-refractivity contribution < 1.29 is 19.1 Å². The van der Waals surface area contributed by atoms with Crippen LogP contribution in [0.15, 0.2) is 24.5 Å². The highest BCUT2D eigenvalue weighted by atomic mass is 16.5. The van der Waals surface area contributed by atoms with Gasteiger partial charge in [0.05, 0.1) is 12.7 Å². The molecule has 25 heavy (non-hydrogen) atoms. The van der Waals surface area contributed by atoms with Gasteiger partial charge in [-0.2, -0.15) is 0 Å². The summed E-state index contributed by atoms with van der Waals surface area (Å²) in [6, 6.07) is 3.16. The van der Waals surface area contributed by atoms with Crippen molar-refractivity contribution in [3.63, 3.8) is 0 Å². The Hall–Kier alpha value is -2.15. The fourth-order valence-electron chi connectivity index (χ4n) is 3.42. The molecule has 1 aromatic rings. The Kier molecular flexibility index (Phi) is 5.86. The standard InChI is InChI=1S/C18H25N3O4/c1-2-24-13-17(22)21-12-15(25-14-6-5-7-19-11-14)10-16(21)18(23)20-8-3-4-9-20/h5-7,11,15-16H,2-4,8-10,12-13H2,1H3/t15-,16-/m0/s1. The Balaban J connectivity index is 1.70. The first-order valence-electron chi connectivity index (χ1n) is 8.91. The second-order valence-corrected chi connectivity index (χ2v) is 6.40. The van der Waals surface area contributed by atoms with Gasteiger partial charge in [-0.25, -0.2) is 0 Å². The number of carbonyl (C=O) groups is 2. The summed E-state index contributed by atoms with van der Waals surface area (Å²) in [7, 11) is 0. The molecule has 7 heteroatoms. The summed E-state index contributed by atoms with van der Waals surface area (Å²) in [4.78, 5) is 32.9. The number of pyridine rings is 1. The zero-order valence-corrected chi connectivity index (χ0v) is 14.6. The summed E-state index contributed by atoms with van der Waals surface area (Å²) in [5.74, 6) is 0.523. The summed E-state index contributed by atoms with van der Waals surface area (Å²) in [6.07, 6.45) is 5.66. The number of rotatable bonds is 6. The van der Waals surface area contributed by atoms with E-state index in [1.807, 2.05) is 17.9 Å². The lowest BCUT2D eigenvalue weighted by Gasteiger charge is -2.27. The third-order valence-corrected chi connectivity index (χ3v) is 4.65. The molecule has 0 unspecified atom stereocenters. The van der Waals surface area contributed by atoms with Gasteiger partial charge >= 0.3 is 0 Å². The van der Waals surface area contributed by atoms with E-state index in [1.54, 1.807) is 23.4 Å². The van der Waals surface area contributed by atoms with Gasteiger partial charge < -0.3 is 19.3 Å². The molecule has 0 spiro atoms. The second-order valence-electron chi connectivity index (χ2n) is 6.40. The fourth-order valence-corrected chi connectivity index (χ4v) is 3.42. The van der Waals surface area contributed by atoms with Crippen LogP contribution < -0.4 is 4.74 Å². The van der Waals surface area contributed by atoms with Crippen molar-refractivity contribution in [2.24, 2.45) is 0 Å². The van der Waals surface area contributed by atoms with Crippen LogP contribution >= 0.6 is 0 Å². The minimum absolute atomic E-state index is 0.000107. The van der Waals surface area contributed by atoms with Crippen LogP contribution in [0.2, 0.25) is 0 Å². The SMILES string of the molecule is CCOCC(=O)N1C[C@@H](Oc2cccnc2)C[C@H]1C(=O)N1CCCC1. The van der Waals surface area contributed by atoms with Gasteiger partial charge in [-0.1, -0.05) is 0 Å². The minimum atomic E-state index is -0.465. The molecule has 3 rings (SSSR count). The van der Waals surface area contributed by atoms with Crippen LogP contribution in [-0.2, 0) is 14.3 Å². The van der Waals surface area contributed by atoms with Gasteiger partial charge in [0.15, 0.2) is 0 Å². The van der Waals surface area contributed by atoms with Crippen molar-refractivity contribution in [3.05, 3.63) is 24.5 Å². The van der Waals surface area contributed by atoms with Crippen LogP contribution in [0.5, 0.6) is 5.75 Å². The van der Waals surface area contributed by atoms with E-state index in [-0.39, 0.29) is 24.5 Å². The van der Waals surface area contributed by atoms with Gasteiger partial charge in [0, 0.05) is 32.3 Å². The van der Waals surface area contributed by atoms with Crippen LogP contribution in [-0.4, -0.2) is 71.6 Å². The first-order valence-corrected chi connectivity index (χ1v) is 8.91. The molecule has 2 amide bonds. The largest absolute Gasteiger partial charge is 0.487 e. The summed E-state index contributed by atoms with van der Waals surface area (Å²) >= 11 is 0. The highest BCUT2D eigenvalue weighted by molar-refractivity contribution is 5.89. The lowest BCUT2D eigenvalue weighted by atomic mass is 10.1. The Morgan fingerprint density at radius 1 is 1.32 bits per heavy atom. The third-order valence-electron chi connectivity index (χ3n) is 4.65. The monoisotopic (exact) mass is 347 g/mol. The molecule has 7 nitrogen and oxygen atoms in total. The zero-order chi connectivity index (χ0) is 17.6. The number of nitrogens with zero attached hydrogens (tertiary/aromatic N) is 3. The van der Waals surface area contributed by atoms with Crippen LogP contribution in [0.1, 0.15) is 26.2 Å². The number of ether oxygens (including phenoxy) is 2. The predicted octanol–water partition coefficient (Wildman–Crippen LogP) is 1.09. The van der Waals surface area contributed by atoms with E-state index in [4.69, 9.17) is 9.47 Å². The lowest BCUT2D eigenvalue weighted by molar-refractivity contribution is -0.145. The van der Waals surface area contributed by atoms with Gasteiger partial charge in [0.25, 0.3) is 0 Å². The topological polar surface area (TPSA) is 72.0 Å². The number of carbonyl (C=O) groups excluding carboxylic acids is 2. The van der Waals surface area contributed by atoms with E-state index in [9.17, 15) is 9.59 Å². The van der Waals surface area contributed by atoms with Gasteiger partial charge in [-0.05, 0) is 31.9 Å². The minimum Gasteiger partial charge on any atom is -0.487 e. The molecule has 0 N–H and O–H groups in total. The molecule has 3 heterocycles. The molecular formula is C18H25N3O4. The molecule has 0 saturated carbocycles. The molecule has 2 aliphatic heterocycles. The molecule has 2 saturated heterocycles. The van der Waals surface area contributed by atoms with Crippen molar-refractivity contribution in [1.29, 1.82) is 0 Å². The number of likely N-dealkylation sites (tertiary alicyclic amines) is 2. The highest BCUT2D eigenvalue weighted by Crippen LogP contribution is 2.25. The highest BCUT2D eigenvalue weighted by Gasteiger charge is 2.42. The molecule has 136 valence electrons. The number of aromatic nitrogens is 1. The van der Waals surface area contributed by atoms with Crippen molar-refractivity contribution in [3.8, 4) is 5.75 Å². The molecule has 2 aliphatic rings. The van der Waals surface area contributed by atoms with Crippen molar-refractivity contribution >= 4 is 11.8 Å². The predicted molar refractivity (Wildman–Crippen MR) is 91.1 cm³/mol. The van der Waals surface area contributed by atoms with Crippen LogP contribution in [0.4, 0.5) is 0 Å². The van der Waals surface area contributed by atoms with Gasteiger partial charge in [0.1, 0.15) is 24.5 Å². The van der Waals surface area contributed by atoms with Crippen molar-refractivity contribution in [2.75, 3.05) is 32.8 Å². The maximum absolute atomic E-state index is 12.9. The van der Waals surface area contributed by atoms with Gasteiger partial charge in [0.2, 0.25) is 11.8 Å². The number of hydrogen-bond donors (Lipinski definition) is 0. The molecule has 1 aromatic heterocycles. The molecule has 0 radical (unpaired) electrons. The zero-order valence-electron chi connectivity index (χ0n) is 14.6. The average molecular weight is 347 g/mol. The smallest absolute Gasteiger partial charge is 0.249 e. The summed E-state index contributed by atoms with van der Waals surface area (Å²) in [6.45, 7) is 4.26. The Morgan fingerprint density at radius 2 is 2.12 bits per heavy atom. The molecule has 0 aliphatic carbocycles. The maximum Gasteiger partial charge on any atom is 0.249 e. The van der Waals surface area contributed by atoms with E-state index >= 15 is 0 Å². The first-order chi connectivity index (χ1) is 12.2. The van der Waals surface area contributed by atoms with E-state index in [0.717, 1.165) is 25.9 Å². The first kappa shape index (κ1) is 17.7. The van der Waals surface area contributed by atoms with E-state index in [2.05, 4.69) is 4.98 Å². The molecule has 0 bridgehead atoms. The van der Waals surface area contributed by atoms with E-state index in [0.29, 0.717) is 25.3 Å². The van der Waals surface area contributed by atoms with Crippen molar-refractivity contribution in [1.82, 2.24) is 14.8 Å². The summed E-state index contributed by atoms with van der Waals surface area (Å²) in [5, 5.41) is 0. The normalized spacial score (nSPS) is 23.1. The van der Waals surface area contributed by atoms with Crippen LogP contribution in [0, 0.1) is 0 Å². The van der Waals surface area contributed by atoms with Crippen molar-refractivity contribution in [2.45, 2.75) is 38.3 Å². The number of amides is 2. The molecule has 2 fully saturated rings. The summed E-state index contributed by atoms with van der Waals surface area (Å²) in [5.41, 5.74) is 0. The number of hydrogen-bond acceptors (Lipinski definition) is 5. The Bertz CT molecular complexity index is 589. The van der Waals surface area contributed by atoms with E-state index in [1.165, 1.54) is 0 Å². The van der Waals surface area contributed by atoms with E-state index < -0.39 is 6.04 Å². The summed E-state index contributed by atoms with van der Waals surface area (Å²) < 4.78 is 11.2. The Labute approximate surface area is 147 Å². The average Bonchev–Trinajstić information content (AvgIpc) is 3.30.